The van der Waals surface area contributed by atoms with Gasteiger partial charge in [0.05, 0.1) is 0 Å². The van der Waals surface area contributed by atoms with Crippen molar-refractivity contribution in [2.75, 3.05) is 25.0 Å². The first-order valence-electron chi connectivity index (χ1n) is 7.75. The van der Waals surface area contributed by atoms with E-state index >= 15 is 0 Å². The van der Waals surface area contributed by atoms with Crippen LogP contribution in [0.15, 0.2) is 12.1 Å². The maximum Gasteiger partial charge on any atom is 0.435 e. The Labute approximate surface area is 129 Å². The minimum atomic E-state index is -4.44. The van der Waals surface area contributed by atoms with E-state index in [1.54, 1.807) is 0 Å². The van der Waals surface area contributed by atoms with Gasteiger partial charge < -0.3 is 5.32 Å². The molecule has 1 fully saturated rings. The van der Waals surface area contributed by atoms with Gasteiger partial charge in [-0.3, -0.25) is 4.90 Å². The van der Waals surface area contributed by atoms with E-state index in [0.717, 1.165) is 25.6 Å². The van der Waals surface area contributed by atoms with E-state index in [9.17, 15) is 13.2 Å². The molecule has 0 radical (unpaired) electrons. The molecule has 22 heavy (non-hydrogen) atoms. The predicted octanol–water partition coefficient (Wildman–Crippen LogP) is 3.42. The number of likely N-dealkylation sites (tertiary alicyclic amines) is 1. The summed E-state index contributed by atoms with van der Waals surface area (Å²) >= 11 is 0. The van der Waals surface area contributed by atoms with Crippen molar-refractivity contribution in [3.63, 3.8) is 0 Å². The lowest BCUT2D eigenvalue weighted by molar-refractivity contribution is -0.141. The summed E-state index contributed by atoms with van der Waals surface area (Å²) < 4.78 is 37.3. The molecule has 1 unspecified atom stereocenters. The van der Waals surface area contributed by atoms with Crippen LogP contribution >= 0.6 is 0 Å². The maximum absolute atomic E-state index is 12.4. The van der Waals surface area contributed by atoms with E-state index in [1.807, 2.05) is 0 Å². The Balaban J connectivity index is 1.90. The number of nitrogens with one attached hydrogen (secondary N) is 1. The summed E-state index contributed by atoms with van der Waals surface area (Å²) in [6.07, 6.45) is -0.931. The fourth-order valence-corrected chi connectivity index (χ4v) is 2.80. The third-order valence-corrected chi connectivity index (χ3v) is 3.82. The monoisotopic (exact) mass is 316 g/mol. The molecule has 0 aromatic carbocycles. The summed E-state index contributed by atoms with van der Waals surface area (Å²) in [6.45, 7) is 7.21. The highest BCUT2D eigenvalue weighted by Gasteiger charge is 2.33. The molecule has 0 amide bonds. The zero-order chi connectivity index (χ0) is 16.2. The van der Waals surface area contributed by atoms with E-state index in [2.05, 4.69) is 34.3 Å². The Morgan fingerprint density at radius 3 is 2.64 bits per heavy atom. The number of anilines is 1. The van der Waals surface area contributed by atoms with Gasteiger partial charge in [0.15, 0.2) is 5.69 Å². The van der Waals surface area contributed by atoms with Gasteiger partial charge in [-0.15, -0.1) is 10.2 Å². The molecule has 0 bridgehead atoms. The summed E-state index contributed by atoms with van der Waals surface area (Å²) in [5, 5.41) is 9.96. The number of nitrogens with zero attached hydrogens (tertiary/aromatic N) is 3. The zero-order valence-corrected chi connectivity index (χ0v) is 13.0. The Morgan fingerprint density at radius 1 is 1.27 bits per heavy atom. The van der Waals surface area contributed by atoms with E-state index in [-0.39, 0.29) is 0 Å². The van der Waals surface area contributed by atoms with Gasteiger partial charge in [-0.05, 0) is 37.4 Å². The van der Waals surface area contributed by atoms with Crippen LogP contribution in [0.3, 0.4) is 0 Å². The number of piperidine rings is 1. The van der Waals surface area contributed by atoms with Crippen LogP contribution in [-0.2, 0) is 6.18 Å². The largest absolute Gasteiger partial charge is 0.435 e. The maximum atomic E-state index is 12.4. The van der Waals surface area contributed by atoms with Gasteiger partial charge in [0.25, 0.3) is 0 Å². The number of aromatic nitrogens is 2. The second-order valence-corrected chi connectivity index (χ2v) is 6.22. The summed E-state index contributed by atoms with van der Waals surface area (Å²) in [7, 11) is 0. The zero-order valence-electron chi connectivity index (χ0n) is 13.0. The van der Waals surface area contributed by atoms with Crippen molar-refractivity contribution in [2.45, 2.75) is 45.3 Å². The van der Waals surface area contributed by atoms with E-state index < -0.39 is 11.9 Å². The van der Waals surface area contributed by atoms with Crippen LogP contribution in [0, 0.1) is 5.92 Å². The molecule has 1 aliphatic rings. The Hall–Kier alpha value is -1.37. The lowest BCUT2D eigenvalue weighted by atomic mass is 10.0. The summed E-state index contributed by atoms with van der Waals surface area (Å²) in [5.41, 5.74) is -0.961. The fraction of sp³-hybridized carbons (Fsp3) is 0.733. The molecule has 1 aliphatic heterocycles. The molecule has 124 valence electrons. The van der Waals surface area contributed by atoms with E-state index in [0.29, 0.717) is 24.3 Å². The second kappa shape index (κ2) is 7.26. The highest BCUT2D eigenvalue weighted by Crippen LogP contribution is 2.27. The molecule has 1 aromatic heterocycles. The van der Waals surface area contributed by atoms with Gasteiger partial charge in [-0.2, -0.15) is 13.2 Å². The van der Waals surface area contributed by atoms with Crippen LogP contribution in [0.2, 0.25) is 0 Å². The topological polar surface area (TPSA) is 41.0 Å². The molecule has 7 heteroatoms. The first-order valence-corrected chi connectivity index (χ1v) is 7.75. The van der Waals surface area contributed by atoms with Crippen LogP contribution in [0.1, 0.15) is 38.8 Å². The van der Waals surface area contributed by atoms with Crippen molar-refractivity contribution >= 4 is 5.82 Å². The molecule has 2 heterocycles. The molecular formula is C15H23F3N4. The minimum Gasteiger partial charge on any atom is -0.367 e. The lowest BCUT2D eigenvalue weighted by Gasteiger charge is -2.37. The molecule has 4 nitrogen and oxygen atoms in total. The third kappa shape index (κ3) is 4.83. The van der Waals surface area contributed by atoms with Gasteiger partial charge in [0.2, 0.25) is 0 Å². The molecular weight excluding hydrogens is 293 g/mol. The second-order valence-electron chi connectivity index (χ2n) is 6.22. The molecule has 0 saturated carbocycles. The number of hydrogen-bond donors (Lipinski definition) is 1. The molecule has 2 rings (SSSR count). The van der Waals surface area contributed by atoms with Gasteiger partial charge in [-0.25, -0.2) is 0 Å². The highest BCUT2D eigenvalue weighted by atomic mass is 19.4. The quantitative estimate of drug-likeness (QED) is 0.904. The molecule has 0 spiro atoms. The molecule has 0 aliphatic carbocycles. The van der Waals surface area contributed by atoms with Crippen LogP contribution in [0.5, 0.6) is 0 Å². The van der Waals surface area contributed by atoms with Crippen LogP contribution in [0.4, 0.5) is 19.0 Å². The standard InChI is InChI=1S/C15H23F3N4/c1-11(2)10-22-8-4-3-5-12(22)9-19-14-7-6-13(20-21-14)15(16,17)18/h6-7,11-12H,3-5,8-10H2,1-2H3,(H,19,21). The average molecular weight is 316 g/mol. The van der Waals surface area contributed by atoms with Gasteiger partial charge in [-0.1, -0.05) is 20.3 Å². The molecule has 1 N–H and O–H groups in total. The summed E-state index contributed by atoms with van der Waals surface area (Å²) in [4.78, 5) is 2.46. The van der Waals surface area contributed by atoms with Crippen molar-refractivity contribution in [1.82, 2.24) is 15.1 Å². The Morgan fingerprint density at radius 2 is 2.05 bits per heavy atom. The van der Waals surface area contributed by atoms with E-state index in [1.165, 1.54) is 18.9 Å². The average Bonchev–Trinajstić information content (AvgIpc) is 2.45. The van der Waals surface area contributed by atoms with Crippen molar-refractivity contribution < 1.29 is 13.2 Å². The molecule has 1 saturated heterocycles. The molecule has 1 aromatic rings. The van der Waals surface area contributed by atoms with Crippen molar-refractivity contribution in [1.29, 1.82) is 0 Å². The SMILES string of the molecule is CC(C)CN1CCCCC1CNc1ccc(C(F)(F)F)nn1. The van der Waals surface area contributed by atoms with E-state index in [4.69, 9.17) is 0 Å². The fourth-order valence-electron chi connectivity index (χ4n) is 2.80. The minimum absolute atomic E-state index is 0.392. The number of rotatable bonds is 5. The predicted molar refractivity (Wildman–Crippen MR) is 79.6 cm³/mol. The summed E-state index contributed by atoms with van der Waals surface area (Å²) in [6, 6.07) is 2.70. The number of halogens is 3. The van der Waals surface area contributed by atoms with Crippen LogP contribution < -0.4 is 5.32 Å². The third-order valence-electron chi connectivity index (χ3n) is 3.82. The van der Waals surface area contributed by atoms with Crippen LogP contribution in [-0.4, -0.2) is 40.8 Å². The van der Waals surface area contributed by atoms with Gasteiger partial charge in [0, 0.05) is 19.1 Å². The highest BCUT2D eigenvalue weighted by molar-refractivity contribution is 5.33. The van der Waals surface area contributed by atoms with Gasteiger partial charge in [0.1, 0.15) is 5.82 Å². The smallest absolute Gasteiger partial charge is 0.367 e. The van der Waals surface area contributed by atoms with Crippen molar-refractivity contribution in [3.8, 4) is 0 Å². The Bertz CT molecular complexity index is 459. The van der Waals surface area contributed by atoms with Crippen molar-refractivity contribution in [3.05, 3.63) is 17.8 Å². The first kappa shape index (κ1) is 17.0. The normalized spacial score (nSPS) is 20.4. The number of hydrogen-bond acceptors (Lipinski definition) is 4. The first-order chi connectivity index (χ1) is 10.4. The molecule has 1 atom stereocenters. The Kier molecular flexibility index (Phi) is 5.61. The van der Waals surface area contributed by atoms with Crippen molar-refractivity contribution in [2.24, 2.45) is 5.92 Å². The lowest BCUT2D eigenvalue weighted by Crippen LogP contribution is -2.45. The van der Waals surface area contributed by atoms with Crippen LogP contribution in [0.25, 0.3) is 0 Å². The van der Waals surface area contributed by atoms with Gasteiger partial charge >= 0.3 is 6.18 Å². The number of alkyl halides is 3. The summed E-state index contributed by atoms with van der Waals surface area (Å²) in [5.74, 6) is 0.995.